The first kappa shape index (κ1) is 13.9. The van der Waals surface area contributed by atoms with Gasteiger partial charge in [-0.05, 0) is 6.92 Å². The fourth-order valence-electron chi connectivity index (χ4n) is 0.533. The van der Waals surface area contributed by atoms with Gasteiger partial charge in [-0.2, -0.15) is 21.6 Å². The van der Waals surface area contributed by atoms with Gasteiger partial charge in [0.25, 0.3) is 10.1 Å². The molecule has 0 aromatic carbocycles. The van der Waals surface area contributed by atoms with Gasteiger partial charge in [0.05, 0.1) is 5.41 Å². The van der Waals surface area contributed by atoms with Gasteiger partial charge in [0, 0.05) is 5.57 Å². The highest BCUT2D eigenvalue weighted by molar-refractivity contribution is 7.88. The van der Waals surface area contributed by atoms with Crippen molar-refractivity contribution in [1.82, 2.24) is 0 Å². The second-order valence-electron chi connectivity index (χ2n) is 2.51. The lowest BCUT2D eigenvalue weighted by Crippen LogP contribution is -2.20. The zero-order valence-electron chi connectivity index (χ0n) is 7.41. The molecule has 9 heteroatoms. The molecule has 0 spiro atoms. The Morgan fingerprint density at radius 1 is 1.47 bits per heavy atom. The topological polar surface area (TPSA) is 80.7 Å². The summed E-state index contributed by atoms with van der Waals surface area (Å²) in [5.74, 6) is -1.47. The van der Waals surface area contributed by atoms with Crippen molar-refractivity contribution in [3.8, 4) is 0 Å². The molecule has 0 rings (SSSR count). The van der Waals surface area contributed by atoms with Crippen molar-refractivity contribution in [2.24, 2.45) is 0 Å². The molecule has 0 fully saturated rings. The molecule has 0 aliphatic rings. The lowest BCUT2D eigenvalue weighted by Gasteiger charge is -2.07. The van der Waals surface area contributed by atoms with Crippen LogP contribution in [0.2, 0.25) is 0 Å². The SMILES string of the molecule is CC(=CS(=O)(=O)O)C(=O)OCC(F)(F)F. The van der Waals surface area contributed by atoms with Gasteiger partial charge in [-0.25, -0.2) is 4.79 Å². The molecule has 88 valence electrons. The monoisotopic (exact) mass is 248 g/mol. The molecule has 0 radical (unpaired) electrons. The fourth-order valence-corrected chi connectivity index (χ4v) is 1.08. The number of ether oxygens (including phenoxy) is 1. The van der Waals surface area contributed by atoms with E-state index in [2.05, 4.69) is 4.74 Å². The van der Waals surface area contributed by atoms with Gasteiger partial charge in [-0.1, -0.05) is 0 Å². The quantitative estimate of drug-likeness (QED) is 0.455. The smallest absolute Gasteiger partial charge is 0.422 e. The van der Waals surface area contributed by atoms with Gasteiger partial charge in [-0.15, -0.1) is 0 Å². The first-order chi connectivity index (χ1) is 6.51. The maximum atomic E-state index is 11.6. The van der Waals surface area contributed by atoms with Gasteiger partial charge in [0.1, 0.15) is 0 Å². The van der Waals surface area contributed by atoms with Crippen LogP contribution in [0.5, 0.6) is 0 Å². The molecular formula is C6H7F3O5S. The van der Waals surface area contributed by atoms with Crippen molar-refractivity contribution in [2.75, 3.05) is 6.61 Å². The second-order valence-corrected chi connectivity index (χ2v) is 3.77. The van der Waals surface area contributed by atoms with Crippen LogP contribution >= 0.6 is 0 Å². The summed E-state index contributed by atoms with van der Waals surface area (Å²) in [4.78, 5) is 10.7. The highest BCUT2D eigenvalue weighted by Crippen LogP contribution is 2.15. The number of hydrogen-bond donors (Lipinski definition) is 1. The van der Waals surface area contributed by atoms with E-state index in [1.165, 1.54) is 0 Å². The van der Waals surface area contributed by atoms with Gasteiger partial charge in [0.2, 0.25) is 0 Å². The zero-order chi connectivity index (χ0) is 12.3. The van der Waals surface area contributed by atoms with Crippen LogP contribution in [0.25, 0.3) is 0 Å². The standard InChI is InChI=1S/C6H7F3O5S/c1-4(2-15(11,12)13)5(10)14-3-6(7,8)9/h2H,3H2,1H3,(H,11,12,13). The molecule has 0 amide bonds. The van der Waals surface area contributed by atoms with Crippen LogP contribution in [0.1, 0.15) is 6.92 Å². The summed E-state index contributed by atoms with van der Waals surface area (Å²) in [5, 5.41) is 0.103. The highest BCUT2D eigenvalue weighted by Gasteiger charge is 2.29. The summed E-state index contributed by atoms with van der Waals surface area (Å²) in [6, 6.07) is 0. The maximum Gasteiger partial charge on any atom is 0.422 e. The third-order valence-corrected chi connectivity index (χ3v) is 1.67. The van der Waals surface area contributed by atoms with E-state index in [4.69, 9.17) is 4.55 Å². The van der Waals surface area contributed by atoms with Crippen LogP contribution in [-0.2, 0) is 19.6 Å². The molecule has 0 aliphatic carbocycles. The van der Waals surface area contributed by atoms with Gasteiger partial charge in [0.15, 0.2) is 6.61 Å². The Bertz CT molecular complexity index is 367. The first-order valence-corrected chi connectivity index (χ1v) is 4.91. The van der Waals surface area contributed by atoms with Gasteiger partial charge >= 0.3 is 12.1 Å². The Morgan fingerprint density at radius 2 is 1.93 bits per heavy atom. The van der Waals surface area contributed by atoms with E-state index in [-0.39, 0.29) is 5.41 Å². The minimum absolute atomic E-state index is 0.103. The Kier molecular flexibility index (Phi) is 4.28. The highest BCUT2D eigenvalue weighted by atomic mass is 32.2. The molecule has 15 heavy (non-hydrogen) atoms. The van der Waals surface area contributed by atoms with Crippen molar-refractivity contribution in [2.45, 2.75) is 13.1 Å². The summed E-state index contributed by atoms with van der Waals surface area (Å²) >= 11 is 0. The summed E-state index contributed by atoms with van der Waals surface area (Å²) in [6.45, 7) is -0.922. The molecule has 0 aromatic rings. The van der Waals surface area contributed by atoms with Gasteiger partial charge < -0.3 is 4.74 Å². The predicted molar refractivity (Wildman–Crippen MR) is 42.3 cm³/mol. The molecule has 0 saturated heterocycles. The Balaban J connectivity index is 4.43. The van der Waals surface area contributed by atoms with E-state index < -0.39 is 34.4 Å². The molecule has 0 heterocycles. The van der Waals surface area contributed by atoms with Crippen molar-refractivity contribution in [1.29, 1.82) is 0 Å². The molecule has 5 nitrogen and oxygen atoms in total. The Labute approximate surface area is 83.3 Å². The van der Waals surface area contributed by atoms with Crippen molar-refractivity contribution in [3.05, 3.63) is 11.0 Å². The zero-order valence-corrected chi connectivity index (χ0v) is 8.22. The number of esters is 1. The second kappa shape index (κ2) is 4.62. The summed E-state index contributed by atoms with van der Waals surface area (Å²) in [5.41, 5.74) is -0.651. The van der Waals surface area contributed by atoms with E-state index in [1.807, 2.05) is 0 Å². The molecule has 1 N–H and O–H groups in total. The third kappa shape index (κ3) is 7.94. The molecule has 0 bridgehead atoms. The molecule has 0 aliphatic heterocycles. The Hall–Kier alpha value is -1.09. The average molecular weight is 248 g/mol. The fraction of sp³-hybridized carbons (Fsp3) is 0.500. The maximum absolute atomic E-state index is 11.6. The number of carbonyl (C=O) groups excluding carboxylic acids is 1. The van der Waals surface area contributed by atoms with E-state index in [9.17, 15) is 26.4 Å². The number of hydrogen-bond acceptors (Lipinski definition) is 4. The van der Waals surface area contributed by atoms with Crippen molar-refractivity contribution < 1.29 is 35.7 Å². The van der Waals surface area contributed by atoms with E-state index in [1.54, 1.807) is 0 Å². The minimum atomic E-state index is -4.69. The van der Waals surface area contributed by atoms with Crippen LogP contribution in [0.4, 0.5) is 13.2 Å². The summed E-state index contributed by atoms with van der Waals surface area (Å²) < 4.78 is 67.0. The number of rotatable bonds is 3. The van der Waals surface area contributed by atoms with Crippen LogP contribution in [0, 0.1) is 0 Å². The van der Waals surface area contributed by atoms with Crippen LogP contribution in [0.15, 0.2) is 11.0 Å². The van der Waals surface area contributed by atoms with E-state index in [0.29, 0.717) is 0 Å². The minimum Gasteiger partial charge on any atom is -0.453 e. The molecule has 0 saturated carbocycles. The van der Waals surface area contributed by atoms with Crippen LogP contribution in [-0.4, -0.2) is 31.7 Å². The van der Waals surface area contributed by atoms with E-state index >= 15 is 0 Å². The molecular weight excluding hydrogens is 241 g/mol. The number of alkyl halides is 3. The molecule has 0 aromatic heterocycles. The normalized spacial score (nSPS) is 13.8. The number of carbonyl (C=O) groups is 1. The molecule has 0 atom stereocenters. The van der Waals surface area contributed by atoms with E-state index in [0.717, 1.165) is 6.92 Å². The average Bonchev–Trinajstić information content (AvgIpc) is 1.95. The lowest BCUT2D eigenvalue weighted by atomic mass is 10.4. The third-order valence-electron chi connectivity index (χ3n) is 1.01. The first-order valence-electron chi connectivity index (χ1n) is 3.41. The summed E-state index contributed by atoms with van der Waals surface area (Å²) in [6.07, 6.45) is -4.69. The largest absolute Gasteiger partial charge is 0.453 e. The lowest BCUT2D eigenvalue weighted by molar-refractivity contribution is -0.183. The molecule has 0 unspecified atom stereocenters. The van der Waals surface area contributed by atoms with Crippen molar-refractivity contribution in [3.63, 3.8) is 0 Å². The van der Waals surface area contributed by atoms with Crippen LogP contribution < -0.4 is 0 Å². The summed E-state index contributed by atoms with van der Waals surface area (Å²) in [7, 11) is -4.57. The number of halogens is 3. The van der Waals surface area contributed by atoms with Gasteiger partial charge in [-0.3, -0.25) is 4.55 Å². The van der Waals surface area contributed by atoms with Crippen molar-refractivity contribution >= 4 is 16.1 Å². The van der Waals surface area contributed by atoms with Crippen LogP contribution in [0.3, 0.4) is 0 Å². The Morgan fingerprint density at radius 3 is 2.27 bits per heavy atom. The predicted octanol–water partition coefficient (Wildman–Crippen LogP) is 0.883.